The summed E-state index contributed by atoms with van der Waals surface area (Å²) in [7, 11) is 1.38. The van der Waals surface area contributed by atoms with E-state index in [2.05, 4.69) is 6.08 Å². The van der Waals surface area contributed by atoms with Crippen molar-refractivity contribution in [3.8, 4) is 0 Å². The number of carbonyl (C=O) groups is 2. The number of esters is 1. The number of benzene rings is 1. The molecule has 1 saturated heterocycles. The van der Waals surface area contributed by atoms with Crippen molar-refractivity contribution in [2.45, 2.75) is 57.7 Å². The van der Waals surface area contributed by atoms with E-state index in [1.807, 2.05) is 43.9 Å². The highest BCUT2D eigenvalue weighted by Gasteiger charge is 2.41. The fourth-order valence-corrected chi connectivity index (χ4v) is 3.61. The van der Waals surface area contributed by atoms with Crippen LogP contribution in [0.5, 0.6) is 0 Å². The maximum Gasteiger partial charge on any atom is 0.411 e. The van der Waals surface area contributed by atoms with Crippen LogP contribution in [-0.4, -0.2) is 41.8 Å². The minimum Gasteiger partial charge on any atom is -0.465 e. The van der Waals surface area contributed by atoms with E-state index in [0.717, 1.165) is 24.8 Å². The molecule has 25 heavy (non-hydrogen) atoms. The molecular formula is C20H25NO4. The van der Waals surface area contributed by atoms with Gasteiger partial charge in [-0.05, 0) is 63.3 Å². The molecule has 1 amide bonds. The van der Waals surface area contributed by atoms with E-state index in [1.165, 1.54) is 12.7 Å². The van der Waals surface area contributed by atoms with Crippen molar-refractivity contribution >= 4 is 17.6 Å². The molecule has 1 aromatic rings. The monoisotopic (exact) mass is 343 g/mol. The minimum atomic E-state index is -0.491. The number of methoxy groups -OCH3 is 1. The van der Waals surface area contributed by atoms with E-state index in [9.17, 15) is 9.59 Å². The molecule has 0 saturated carbocycles. The van der Waals surface area contributed by atoms with Gasteiger partial charge in [-0.25, -0.2) is 9.59 Å². The average Bonchev–Trinajstić information content (AvgIpc) is 2.83. The molecule has 1 fully saturated rings. The fraction of sp³-hybridized carbons (Fsp3) is 0.500. The van der Waals surface area contributed by atoms with Crippen molar-refractivity contribution < 1.29 is 19.1 Å². The summed E-state index contributed by atoms with van der Waals surface area (Å²) in [5.41, 5.74) is 2.25. The smallest absolute Gasteiger partial charge is 0.411 e. The predicted molar refractivity (Wildman–Crippen MR) is 95.3 cm³/mol. The Labute approximate surface area is 148 Å². The zero-order chi connectivity index (χ0) is 18.2. The highest BCUT2D eigenvalue weighted by atomic mass is 16.6. The molecule has 0 radical (unpaired) electrons. The Hall–Kier alpha value is -2.30. The molecule has 0 spiro atoms. The lowest BCUT2D eigenvalue weighted by atomic mass is 9.94. The summed E-state index contributed by atoms with van der Waals surface area (Å²) in [4.78, 5) is 26.1. The quantitative estimate of drug-likeness (QED) is 0.761. The van der Waals surface area contributed by atoms with Crippen LogP contribution in [0, 0.1) is 0 Å². The number of rotatable bonds is 2. The molecule has 2 bridgehead atoms. The second kappa shape index (κ2) is 6.54. The highest BCUT2D eigenvalue weighted by Crippen LogP contribution is 2.39. The van der Waals surface area contributed by atoms with Crippen LogP contribution in [0.15, 0.2) is 30.3 Å². The Kier molecular flexibility index (Phi) is 4.58. The third-order valence-electron chi connectivity index (χ3n) is 4.65. The Bertz CT molecular complexity index is 717. The van der Waals surface area contributed by atoms with Gasteiger partial charge in [0.25, 0.3) is 0 Å². The summed E-state index contributed by atoms with van der Waals surface area (Å²) in [6.45, 7) is 5.66. The molecule has 2 heterocycles. The second-order valence-electron chi connectivity index (χ2n) is 7.65. The largest absolute Gasteiger partial charge is 0.465 e. The molecule has 2 unspecified atom stereocenters. The van der Waals surface area contributed by atoms with Crippen molar-refractivity contribution in [2.75, 3.05) is 7.11 Å². The number of amides is 1. The molecular weight excluding hydrogens is 318 g/mol. The maximum absolute atomic E-state index is 12.5. The van der Waals surface area contributed by atoms with Gasteiger partial charge in [0.1, 0.15) is 5.60 Å². The first-order valence-electron chi connectivity index (χ1n) is 8.69. The third kappa shape index (κ3) is 3.70. The van der Waals surface area contributed by atoms with Crippen LogP contribution in [0.1, 0.15) is 56.0 Å². The fourth-order valence-electron chi connectivity index (χ4n) is 3.61. The number of nitrogens with zero attached hydrogens (tertiary/aromatic N) is 1. The molecule has 5 nitrogen and oxygen atoms in total. The van der Waals surface area contributed by atoms with Gasteiger partial charge in [-0.2, -0.15) is 0 Å². The number of hydrogen-bond donors (Lipinski definition) is 0. The molecule has 3 rings (SSSR count). The lowest BCUT2D eigenvalue weighted by molar-refractivity contribution is 0.0175. The van der Waals surface area contributed by atoms with Crippen LogP contribution in [-0.2, 0) is 9.47 Å². The summed E-state index contributed by atoms with van der Waals surface area (Å²) < 4.78 is 10.4. The number of hydrogen-bond acceptors (Lipinski definition) is 4. The Morgan fingerprint density at radius 2 is 1.96 bits per heavy atom. The van der Waals surface area contributed by atoms with Gasteiger partial charge in [-0.3, -0.25) is 4.90 Å². The number of fused-ring (bicyclic) bond motifs is 2. The first-order valence-corrected chi connectivity index (χ1v) is 8.69. The Balaban J connectivity index is 1.82. The van der Waals surface area contributed by atoms with E-state index in [1.54, 1.807) is 6.07 Å². The number of carbonyl (C=O) groups excluding carboxylic acids is 2. The van der Waals surface area contributed by atoms with Gasteiger partial charge in [-0.15, -0.1) is 0 Å². The summed E-state index contributed by atoms with van der Waals surface area (Å²) in [5, 5.41) is 0. The van der Waals surface area contributed by atoms with Crippen molar-refractivity contribution in [1.29, 1.82) is 0 Å². The summed E-state index contributed by atoms with van der Waals surface area (Å²) in [5.74, 6) is -0.336. The van der Waals surface area contributed by atoms with E-state index < -0.39 is 5.60 Å². The van der Waals surface area contributed by atoms with Crippen molar-refractivity contribution in [1.82, 2.24) is 4.90 Å². The molecule has 0 aromatic heterocycles. The van der Waals surface area contributed by atoms with Crippen LogP contribution in [0.2, 0.25) is 0 Å². The molecule has 2 aliphatic rings. The van der Waals surface area contributed by atoms with Crippen LogP contribution in [0.4, 0.5) is 4.79 Å². The van der Waals surface area contributed by atoms with Crippen LogP contribution >= 0.6 is 0 Å². The third-order valence-corrected chi connectivity index (χ3v) is 4.65. The summed E-state index contributed by atoms with van der Waals surface area (Å²) in [6, 6.07) is 7.69. The lowest BCUT2D eigenvalue weighted by Crippen LogP contribution is -2.45. The van der Waals surface area contributed by atoms with E-state index in [4.69, 9.17) is 9.47 Å². The van der Waals surface area contributed by atoms with Crippen molar-refractivity contribution in [3.63, 3.8) is 0 Å². The first-order chi connectivity index (χ1) is 11.8. The van der Waals surface area contributed by atoms with Crippen LogP contribution in [0.25, 0.3) is 5.57 Å². The number of ether oxygens (including phenoxy) is 2. The molecule has 2 atom stereocenters. The molecule has 134 valence electrons. The molecule has 0 aliphatic carbocycles. The SMILES string of the molecule is COC(=O)c1cccc(C2=CC3CCC(C2)N3C(=O)OC(C)(C)C)c1. The first kappa shape index (κ1) is 17.5. The van der Waals surface area contributed by atoms with Crippen molar-refractivity contribution in [3.05, 3.63) is 41.5 Å². The van der Waals surface area contributed by atoms with E-state index >= 15 is 0 Å². The zero-order valence-corrected chi connectivity index (χ0v) is 15.2. The standard InChI is InChI=1S/C20H25NO4/c1-20(2,3)25-19(23)21-16-8-9-17(21)12-15(11-16)13-6-5-7-14(10-13)18(22)24-4/h5-7,10-11,16-17H,8-9,12H2,1-4H3. The van der Waals surface area contributed by atoms with E-state index in [0.29, 0.717) is 5.56 Å². The predicted octanol–water partition coefficient (Wildman–Crippen LogP) is 4.03. The summed E-state index contributed by atoms with van der Waals surface area (Å²) in [6.07, 6.45) is 4.60. The molecule has 0 N–H and O–H groups in total. The second-order valence-corrected chi connectivity index (χ2v) is 7.65. The van der Waals surface area contributed by atoms with Gasteiger partial charge in [0.15, 0.2) is 0 Å². The van der Waals surface area contributed by atoms with Crippen molar-refractivity contribution in [2.24, 2.45) is 0 Å². The maximum atomic E-state index is 12.5. The molecule has 5 heteroatoms. The Morgan fingerprint density at radius 1 is 1.20 bits per heavy atom. The van der Waals surface area contributed by atoms with Crippen LogP contribution < -0.4 is 0 Å². The summed E-state index contributed by atoms with van der Waals surface area (Å²) >= 11 is 0. The topological polar surface area (TPSA) is 55.8 Å². The Morgan fingerprint density at radius 3 is 2.60 bits per heavy atom. The highest BCUT2D eigenvalue weighted by molar-refractivity contribution is 5.90. The molecule has 1 aromatic carbocycles. The van der Waals surface area contributed by atoms with Gasteiger partial charge >= 0.3 is 12.1 Å². The van der Waals surface area contributed by atoms with Gasteiger partial charge in [0.2, 0.25) is 0 Å². The lowest BCUT2D eigenvalue weighted by Gasteiger charge is -2.35. The average molecular weight is 343 g/mol. The molecule has 2 aliphatic heterocycles. The van der Waals surface area contributed by atoms with E-state index in [-0.39, 0.29) is 24.1 Å². The van der Waals surface area contributed by atoms with Crippen LogP contribution in [0.3, 0.4) is 0 Å². The zero-order valence-electron chi connectivity index (χ0n) is 15.2. The van der Waals surface area contributed by atoms with Gasteiger partial charge < -0.3 is 9.47 Å². The minimum absolute atomic E-state index is 0.0605. The van der Waals surface area contributed by atoms with Gasteiger partial charge in [-0.1, -0.05) is 18.2 Å². The van der Waals surface area contributed by atoms with Gasteiger partial charge in [0.05, 0.1) is 18.7 Å². The van der Waals surface area contributed by atoms with Gasteiger partial charge in [0, 0.05) is 6.04 Å². The normalized spacial score (nSPS) is 22.4.